The van der Waals surface area contributed by atoms with Crippen molar-refractivity contribution in [2.24, 2.45) is 0 Å². The minimum absolute atomic E-state index is 0.186. The lowest BCUT2D eigenvalue weighted by Gasteiger charge is -2.14. The highest BCUT2D eigenvalue weighted by atomic mass is 79.9. The molecule has 0 radical (unpaired) electrons. The van der Waals surface area contributed by atoms with Crippen LogP contribution in [0.15, 0.2) is 27.6 Å². The van der Waals surface area contributed by atoms with Crippen LogP contribution < -0.4 is 11.0 Å². The Bertz CT molecular complexity index is 643. The molecular formula is C13H17BrN4O2. The fourth-order valence-corrected chi connectivity index (χ4v) is 2.24. The summed E-state index contributed by atoms with van der Waals surface area (Å²) >= 11 is 3.33. The fraction of sp³-hybridized carbons (Fsp3) is 0.385. The number of aryl methyl sites for hydroxylation is 2. The molecule has 6 nitrogen and oxygen atoms in total. The maximum absolute atomic E-state index is 12.1. The number of halogens is 1. The maximum Gasteiger partial charge on any atom is 0.283 e. The van der Waals surface area contributed by atoms with Crippen molar-refractivity contribution < 1.29 is 4.74 Å². The number of nitrogens with zero attached hydrogens (tertiary/aromatic N) is 3. The highest BCUT2D eigenvalue weighted by molar-refractivity contribution is 9.10. The van der Waals surface area contributed by atoms with Crippen LogP contribution in [0.3, 0.4) is 0 Å². The summed E-state index contributed by atoms with van der Waals surface area (Å²) in [5.74, 6) is 0. The van der Waals surface area contributed by atoms with Gasteiger partial charge in [0.1, 0.15) is 4.47 Å². The Labute approximate surface area is 125 Å². The van der Waals surface area contributed by atoms with E-state index >= 15 is 0 Å². The summed E-state index contributed by atoms with van der Waals surface area (Å²) in [6.07, 6.45) is 1.63. The van der Waals surface area contributed by atoms with E-state index in [0.29, 0.717) is 23.3 Å². The third-order valence-corrected chi connectivity index (χ3v) is 3.76. The van der Waals surface area contributed by atoms with E-state index in [1.807, 2.05) is 30.7 Å². The van der Waals surface area contributed by atoms with E-state index in [2.05, 4.69) is 26.5 Å². The smallest absolute Gasteiger partial charge is 0.283 e. The van der Waals surface area contributed by atoms with Crippen molar-refractivity contribution in [2.75, 3.05) is 19.1 Å². The van der Waals surface area contributed by atoms with Gasteiger partial charge in [-0.3, -0.25) is 14.9 Å². The molecular weight excluding hydrogens is 324 g/mol. The molecule has 0 aromatic carbocycles. The van der Waals surface area contributed by atoms with E-state index in [0.717, 1.165) is 11.4 Å². The van der Waals surface area contributed by atoms with Crippen molar-refractivity contribution in [3.63, 3.8) is 0 Å². The predicted molar refractivity (Wildman–Crippen MR) is 81.0 cm³/mol. The Morgan fingerprint density at radius 3 is 2.60 bits per heavy atom. The van der Waals surface area contributed by atoms with Crippen molar-refractivity contribution in [2.45, 2.75) is 20.4 Å². The van der Waals surface area contributed by atoms with Crippen LogP contribution in [-0.4, -0.2) is 28.2 Å². The molecule has 0 unspecified atom stereocenters. The second-order valence-electron chi connectivity index (χ2n) is 4.46. The van der Waals surface area contributed by atoms with E-state index in [1.54, 1.807) is 13.3 Å². The minimum atomic E-state index is -0.186. The average Bonchev–Trinajstić information content (AvgIpc) is 2.74. The second kappa shape index (κ2) is 6.23. The molecule has 0 aliphatic heterocycles. The van der Waals surface area contributed by atoms with Gasteiger partial charge < -0.3 is 4.74 Å². The molecule has 108 valence electrons. The third-order valence-electron chi connectivity index (χ3n) is 3.00. The number of rotatable bonds is 5. The summed E-state index contributed by atoms with van der Waals surface area (Å²) in [4.78, 5) is 12.1. The van der Waals surface area contributed by atoms with Crippen LogP contribution in [0.4, 0.5) is 5.69 Å². The standard InChI is InChI=1S/C13H17BrN4O2/c1-9-4-5-10(2)18(9)16-11-8-15-17(6-7-20-3)13(19)12(11)14/h4-5,8,16H,6-7H2,1-3H3. The molecule has 0 amide bonds. The summed E-state index contributed by atoms with van der Waals surface area (Å²) in [6, 6.07) is 4.01. The lowest BCUT2D eigenvalue weighted by atomic mass is 10.4. The van der Waals surface area contributed by atoms with Crippen molar-refractivity contribution in [3.05, 3.63) is 44.5 Å². The Kier molecular flexibility index (Phi) is 4.61. The van der Waals surface area contributed by atoms with Gasteiger partial charge in [0.25, 0.3) is 5.56 Å². The molecule has 2 heterocycles. The zero-order valence-corrected chi connectivity index (χ0v) is 13.3. The maximum atomic E-state index is 12.1. The SMILES string of the molecule is COCCn1ncc(Nn2c(C)ccc2C)c(Br)c1=O. The summed E-state index contributed by atoms with van der Waals surface area (Å²) in [5.41, 5.74) is 5.73. The van der Waals surface area contributed by atoms with Gasteiger partial charge in [0.05, 0.1) is 25.0 Å². The van der Waals surface area contributed by atoms with Crippen molar-refractivity contribution in [1.29, 1.82) is 0 Å². The normalized spacial score (nSPS) is 10.8. The van der Waals surface area contributed by atoms with Gasteiger partial charge in [-0.2, -0.15) is 5.10 Å². The van der Waals surface area contributed by atoms with E-state index in [-0.39, 0.29) is 5.56 Å². The Morgan fingerprint density at radius 2 is 2.00 bits per heavy atom. The van der Waals surface area contributed by atoms with Gasteiger partial charge in [-0.15, -0.1) is 0 Å². The number of ether oxygens (including phenoxy) is 1. The molecule has 7 heteroatoms. The molecule has 0 aliphatic rings. The number of aromatic nitrogens is 3. The van der Waals surface area contributed by atoms with Gasteiger partial charge in [-0.1, -0.05) is 0 Å². The fourth-order valence-electron chi connectivity index (χ4n) is 1.85. The number of hydrogen-bond acceptors (Lipinski definition) is 4. The number of methoxy groups -OCH3 is 1. The third kappa shape index (κ3) is 2.94. The molecule has 2 aromatic rings. The predicted octanol–water partition coefficient (Wildman–Crippen LogP) is 1.95. The van der Waals surface area contributed by atoms with Crippen LogP contribution in [0.25, 0.3) is 0 Å². The van der Waals surface area contributed by atoms with Crippen LogP contribution in [0.2, 0.25) is 0 Å². The number of nitrogens with one attached hydrogen (secondary N) is 1. The van der Waals surface area contributed by atoms with Crippen molar-refractivity contribution >= 4 is 21.6 Å². The van der Waals surface area contributed by atoms with Gasteiger partial charge in [-0.05, 0) is 41.9 Å². The summed E-state index contributed by atoms with van der Waals surface area (Å²) in [6.45, 7) is 4.85. The first-order chi connectivity index (χ1) is 9.54. The second-order valence-corrected chi connectivity index (χ2v) is 5.25. The Hall–Kier alpha value is -1.60. The van der Waals surface area contributed by atoms with Crippen molar-refractivity contribution in [3.8, 4) is 0 Å². The lowest BCUT2D eigenvalue weighted by Crippen LogP contribution is -2.27. The minimum Gasteiger partial charge on any atom is -0.383 e. The van der Waals surface area contributed by atoms with E-state index in [9.17, 15) is 4.79 Å². The Morgan fingerprint density at radius 1 is 1.35 bits per heavy atom. The zero-order chi connectivity index (χ0) is 14.7. The van der Waals surface area contributed by atoms with Crippen LogP contribution in [0.1, 0.15) is 11.4 Å². The topological polar surface area (TPSA) is 61.1 Å². The monoisotopic (exact) mass is 340 g/mol. The number of anilines is 1. The molecule has 1 N–H and O–H groups in total. The molecule has 0 aliphatic carbocycles. The van der Waals surface area contributed by atoms with Gasteiger partial charge in [-0.25, -0.2) is 4.68 Å². The first kappa shape index (κ1) is 14.8. The highest BCUT2D eigenvalue weighted by Gasteiger charge is 2.10. The summed E-state index contributed by atoms with van der Waals surface area (Å²) in [5, 5.41) is 4.13. The summed E-state index contributed by atoms with van der Waals surface area (Å²) in [7, 11) is 1.59. The van der Waals surface area contributed by atoms with Crippen LogP contribution in [0, 0.1) is 13.8 Å². The molecule has 2 rings (SSSR count). The molecule has 0 bridgehead atoms. The summed E-state index contributed by atoms with van der Waals surface area (Å²) < 4.78 is 8.68. The quantitative estimate of drug-likeness (QED) is 0.903. The van der Waals surface area contributed by atoms with Crippen LogP contribution in [0.5, 0.6) is 0 Å². The van der Waals surface area contributed by atoms with E-state index < -0.39 is 0 Å². The van der Waals surface area contributed by atoms with Crippen LogP contribution >= 0.6 is 15.9 Å². The molecule has 2 aromatic heterocycles. The zero-order valence-electron chi connectivity index (χ0n) is 11.7. The van der Waals surface area contributed by atoms with E-state index in [4.69, 9.17) is 4.74 Å². The van der Waals surface area contributed by atoms with Gasteiger partial charge in [0.2, 0.25) is 0 Å². The molecule has 0 spiro atoms. The van der Waals surface area contributed by atoms with Gasteiger partial charge >= 0.3 is 0 Å². The first-order valence-corrected chi connectivity index (χ1v) is 7.00. The molecule has 0 saturated heterocycles. The van der Waals surface area contributed by atoms with Crippen molar-refractivity contribution in [1.82, 2.24) is 14.5 Å². The van der Waals surface area contributed by atoms with Crippen LogP contribution in [-0.2, 0) is 11.3 Å². The molecule has 0 fully saturated rings. The average molecular weight is 341 g/mol. The molecule has 20 heavy (non-hydrogen) atoms. The van der Waals surface area contributed by atoms with Gasteiger partial charge in [0, 0.05) is 18.5 Å². The van der Waals surface area contributed by atoms with E-state index in [1.165, 1.54) is 4.68 Å². The molecule has 0 atom stereocenters. The Balaban J connectivity index is 2.30. The highest BCUT2D eigenvalue weighted by Crippen LogP contribution is 2.18. The first-order valence-electron chi connectivity index (χ1n) is 6.21. The molecule has 0 saturated carbocycles. The van der Waals surface area contributed by atoms with Gasteiger partial charge in [0.15, 0.2) is 0 Å². The largest absolute Gasteiger partial charge is 0.383 e. The lowest BCUT2D eigenvalue weighted by molar-refractivity contribution is 0.181. The number of hydrogen-bond donors (Lipinski definition) is 1.